The minimum atomic E-state index is -0.537. The first-order valence-electron chi connectivity index (χ1n) is 4.67. The number of rotatable bonds is 2. The van der Waals surface area contributed by atoms with E-state index in [1.54, 1.807) is 24.5 Å². The van der Waals surface area contributed by atoms with Crippen LogP contribution in [0.1, 0.15) is 5.56 Å². The number of aromatic nitrogens is 2. The normalized spacial score (nSPS) is 10.4. The van der Waals surface area contributed by atoms with E-state index in [-0.39, 0.29) is 5.15 Å². The van der Waals surface area contributed by atoms with Gasteiger partial charge >= 0.3 is 0 Å². The molecule has 0 saturated heterocycles. The van der Waals surface area contributed by atoms with Gasteiger partial charge in [-0.05, 0) is 23.3 Å². The van der Waals surface area contributed by atoms with Gasteiger partial charge in [0.1, 0.15) is 0 Å². The van der Waals surface area contributed by atoms with Crippen LogP contribution in [0.5, 0.6) is 0 Å². The summed E-state index contributed by atoms with van der Waals surface area (Å²) in [7, 11) is 0. The Morgan fingerprint density at radius 3 is 2.75 bits per heavy atom. The zero-order valence-electron chi connectivity index (χ0n) is 8.32. The second kappa shape index (κ2) is 4.55. The van der Waals surface area contributed by atoms with Crippen molar-refractivity contribution >= 4 is 11.6 Å². The fourth-order valence-corrected chi connectivity index (χ4v) is 1.64. The molecule has 16 heavy (non-hydrogen) atoms. The van der Waals surface area contributed by atoms with E-state index in [2.05, 4.69) is 9.97 Å². The smallest absolute Gasteiger partial charge is 0.168 e. The van der Waals surface area contributed by atoms with Crippen LogP contribution in [-0.2, 0) is 6.54 Å². The van der Waals surface area contributed by atoms with Crippen LogP contribution in [0.4, 0.5) is 4.39 Å². The van der Waals surface area contributed by atoms with E-state index in [1.807, 2.05) is 0 Å². The summed E-state index contributed by atoms with van der Waals surface area (Å²) in [6, 6.07) is 3.27. The molecule has 0 aliphatic heterocycles. The second-order valence-electron chi connectivity index (χ2n) is 3.20. The predicted molar refractivity (Wildman–Crippen MR) is 60.3 cm³/mol. The van der Waals surface area contributed by atoms with Crippen molar-refractivity contribution in [2.75, 3.05) is 0 Å². The highest BCUT2D eigenvalue weighted by atomic mass is 35.5. The van der Waals surface area contributed by atoms with Crippen molar-refractivity contribution in [2.45, 2.75) is 6.54 Å². The van der Waals surface area contributed by atoms with E-state index < -0.39 is 5.82 Å². The zero-order valence-corrected chi connectivity index (χ0v) is 9.08. The first kappa shape index (κ1) is 11.0. The molecule has 0 aliphatic rings. The molecule has 0 amide bonds. The molecule has 2 aromatic heterocycles. The standard InChI is InChI=1S/C11H9ClFN3/c12-11-10(13)9(2-4-16-11)8-1-3-15-6-7(8)5-14/h1-4,6H,5,14H2. The second-order valence-corrected chi connectivity index (χ2v) is 3.56. The van der Waals surface area contributed by atoms with E-state index in [1.165, 1.54) is 6.20 Å². The van der Waals surface area contributed by atoms with E-state index in [9.17, 15) is 4.39 Å². The van der Waals surface area contributed by atoms with Crippen molar-refractivity contribution < 1.29 is 4.39 Å². The minimum Gasteiger partial charge on any atom is -0.326 e. The van der Waals surface area contributed by atoms with Crippen LogP contribution in [0.15, 0.2) is 30.7 Å². The molecule has 2 N–H and O–H groups in total. The Morgan fingerprint density at radius 2 is 2.00 bits per heavy atom. The number of nitrogens with zero attached hydrogens (tertiary/aromatic N) is 2. The Kier molecular flexibility index (Phi) is 3.12. The molecule has 3 nitrogen and oxygen atoms in total. The molecule has 0 bridgehead atoms. The SMILES string of the molecule is NCc1cnccc1-c1ccnc(Cl)c1F. The van der Waals surface area contributed by atoms with Crippen molar-refractivity contribution in [1.82, 2.24) is 9.97 Å². The number of pyridine rings is 2. The van der Waals surface area contributed by atoms with Gasteiger partial charge in [-0.2, -0.15) is 0 Å². The van der Waals surface area contributed by atoms with Crippen LogP contribution in [-0.4, -0.2) is 9.97 Å². The van der Waals surface area contributed by atoms with Gasteiger partial charge in [-0.25, -0.2) is 9.37 Å². The van der Waals surface area contributed by atoms with Crippen LogP contribution in [0, 0.1) is 5.82 Å². The third kappa shape index (κ3) is 1.89. The first-order chi connectivity index (χ1) is 7.74. The summed E-state index contributed by atoms with van der Waals surface area (Å²) >= 11 is 5.63. The average Bonchev–Trinajstić information content (AvgIpc) is 2.33. The van der Waals surface area contributed by atoms with Gasteiger partial charge in [-0.1, -0.05) is 11.6 Å². The van der Waals surface area contributed by atoms with Gasteiger partial charge in [0.15, 0.2) is 11.0 Å². The molecule has 82 valence electrons. The Hall–Kier alpha value is -1.52. The monoisotopic (exact) mass is 237 g/mol. The molecule has 2 rings (SSSR count). The summed E-state index contributed by atoms with van der Waals surface area (Å²) in [6.45, 7) is 0.294. The number of hydrogen-bond donors (Lipinski definition) is 1. The summed E-state index contributed by atoms with van der Waals surface area (Å²) in [5, 5.41) is -0.141. The Balaban J connectivity index is 2.63. The van der Waals surface area contributed by atoms with E-state index in [4.69, 9.17) is 17.3 Å². The molecule has 0 radical (unpaired) electrons. The van der Waals surface area contributed by atoms with Gasteiger partial charge in [0.25, 0.3) is 0 Å². The molecule has 0 aliphatic carbocycles. The lowest BCUT2D eigenvalue weighted by molar-refractivity contribution is 0.625. The lowest BCUT2D eigenvalue weighted by Gasteiger charge is -2.08. The summed E-state index contributed by atoms with van der Waals surface area (Å²) in [5.74, 6) is -0.537. The third-order valence-electron chi connectivity index (χ3n) is 2.26. The van der Waals surface area contributed by atoms with Gasteiger partial charge in [0, 0.05) is 30.7 Å². The Morgan fingerprint density at radius 1 is 1.25 bits per heavy atom. The molecule has 0 unspecified atom stereocenters. The average molecular weight is 238 g/mol. The molecule has 5 heteroatoms. The molecule has 0 fully saturated rings. The topological polar surface area (TPSA) is 51.8 Å². The van der Waals surface area contributed by atoms with Crippen LogP contribution >= 0.6 is 11.6 Å². The maximum absolute atomic E-state index is 13.7. The molecular formula is C11H9ClFN3. The van der Waals surface area contributed by atoms with E-state index in [0.717, 1.165) is 5.56 Å². The number of hydrogen-bond acceptors (Lipinski definition) is 3. The van der Waals surface area contributed by atoms with E-state index in [0.29, 0.717) is 17.7 Å². The molecule has 0 spiro atoms. The maximum Gasteiger partial charge on any atom is 0.168 e. The Bertz CT molecular complexity index is 516. The molecule has 0 saturated carbocycles. The lowest BCUT2D eigenvalue weighted by atomic mass is 10.0. The highest BCUT2D eigenvalue weighted by Gasteiger charge is 2.12. The summed E-state index contributed by atoms with van der Waals surface area (Å²) in [6.07, 6.45) is 4.66. The van der Waals surface area contributed by atoms with Crippen molar-refractivity contribution in [1.29, 1.82) is 0 Å². The van der Waals surface area contributed by atoms with Gasteiger partial charge in [-0.15, -0.1) is 0 Å². The zero-order chi connectivity index (χ0) is 11.5. The number of nitrogens with two attached hydrogens (primary N) is 1. The van der Waals surface area contributed by atoms with E-state index >= 15 is 0 Å². The third-order valence-corrected chi connectivity index (χ3v) is 2.52. The fraction of sp³-hybridized carbons (Fsp3) is 0.0909. The molecule has 2 aromatic rings. The van der Waals surface area contributed by atoms with Crippen LogP contribution in [0.2, 0.25) is 5.15 Å². The van der Waals surface area contributed by atoms with Crippen molar-refractivity contribution in [2.24, 2.45) is 5.73 Å². The fourth-order valence-electron chi connectivity index (χ4n) is 1.48. The van der Waals surface area contributed by atoms with Gasteiger partial charge in [0.05, 0.1) is 0 Å². The van der Waals surface area contributed by atoms with Gasteiger partial charge < -0.3 is 5.73 Å². The Labute approximate surface area is 97.1 Å². The number of halogens is 2. The largest absolute Gasteiger partial charge is 0.326 e. The summed E-state index contributed by atoms with van der Waals surface area (Å²) < 4.78 is 13.7. The highest BCUT2D eigenvalue weighted by molar-refractivity contribution is 6.29. The minimum absolute atomic E-state index is 0.141. The summed E-state index contributed by atoms with van der Waals surface area (Å²) in [4.78, 5) is 7.61. The van der Waals surface area contributed by atoms with Crippen molar-refractivity contribution in [3.8, 4) is 11.1 Å². The van der Waals surface area contributed by atoms with Crippen LogP contribution in [0.3, 0.4) is 0 Å². The lowest BCUT2D eigenvalue weighted by Crippen LogP contribution is -2.01. The quantitative estimate of drug-likeness (QED) is 0.816. The summed E-state index contributed by atoms with van der Waals surface area (Å²) in [5.41, 5.74) is 7.42. The van der Waals surface area contributed by atoms with Crippen molar-refractivity contribution in [3.05, 3.63) is 47.3 Å². The molecule has 0 aromatic carbocycles. The molecular weight excluding hydrogens is 229 g/mol. The van der Waals surface area contributed by atoms with Gasteiger partial charge in [-0.3, -0.25) is 4.98 Å². The van der Waals surface area contributed by atoms with Crippen molar-refractivity contribution in [3.63, 3.8) is 0 Å². The predicted octanol–water partition coefficient (Wildman–Crippen LogP) is 2.39. The van der Waals surface area contributed by atoms with Crippen LogP contribution < -0.4 is 5.73 Å². The molecule has 0 atom stereocenters. The van der Waals surface area contributed by atoms with Gasteiger partial charge in [0.2, 0.25) is 0 Å². The maximum atomic E-state index is 13.7. The first-order valence-corrected chi connectivity index (χ1v) is 5.05. The molecule has 2 heterocycles. The van der Waals surface area contributed by atoms with Crippen LogP contribution in [0.25, 0.3) is 11.1 Å². The highest BCUT2D eigenvalue weighted by Crippen LogP contribution is 2.27.